The van der Waals surface area contributed by atoms with E-state index in [0.717, 1.165) is 18.2 Å². The van der Waals surface area contributed by atoms with Crippen molar-refractivity contribution >= 4 is 28.0 Å². The molecule has 0 atom stereocenters. The molecule has 0 saturated heterocycles. The van der Waals surface area contributed by atoms with E-state index in [0.29, 0.717) is 12.1 Å². The average Bonchev–Trinajstić information content (AvgIpc) is 2.98. The van der Waals surface area contributed by atoms with Gasteiger partial charge in [0.25, 0.3) is 0 Å². The van der Waals surface area contributed by atoms with Crippen molar-refractivity contribution in [1.29, 1.82) is 0 Å². The Morgan fingerprint density at radius 1 is 0.405 bits per heavy atom. The Balaban J connectivity index is 2.54. The largest absolute Gasteiger partial charge is 0.210 e. The van der Waals surface area contributed by atoms with E-state index in [1.807, 2.05) is 0 Å². The van der Waals surface area contributed by atoms with Gasteiger partial charge in [0.15, 0.2) is 46.5 Å². The highest BCUT2D eigenvalue weighted by atomic mass is 19.2. The highest BCUT2D eigenvalue weighted by Crippen LogP contribution is 2.29. The summed E-state index contributed by atoms with van der Waals surface area (Å²) in [6.07, 6.45) is -6.58. The zero-order chi connectivity index (χ0) is 31.4. The Hall–Kier alpha value is -4.04. The molecule has 42 heavy (non-hydrogen) atoms. The van der Waals surface area contributed by atoms with Crippen LogP contribution in [0, 0.1) is 81.4 Å². The molecule has 0 aliphatic rings. The molecule has 4 aromatic rings. The van der Waals surface area contributed by atoms with Crippen LogP contribution in [-0.4, -0.2) is 6.15 Å². The standard InChI is InChI=1S/C27H12BF14/c1-2-6-10-14(29)11(16(31)21(36)15(10)30)28(9-7-4-3-5-8-9,12-17(32)22(37)26(41)23(38)18(12)33)13-19(34)24(39)27(42)25(40)20(13)35/h3-5,7-8H,2,6H2,1H3/q-1. The summed E-state index contributed by atoms with van der Waals surface area (Å²) in [5.41, 5.74) is -9.88. The van der Waals surface area contributed by atoms with Gasteiger partial charge in [-0.05, 0) is 6.42 Å². The van der Waals surface area contributed by atoms with Gasteiger partial charge in [0.1, 0.15) is 35.2 Å². The van der Waals surface area contributed by atoms with Gasteiger partial charge in [-0.15, -0.1) is 16.4 Å². The predicted molar refractivity (Wildman–Crippen MR) is 123 cm³/mol. The number of rotatable bonds is 6. The summed E-state index contributed by atoms with van der Waals surface area (Å²) in [4.78, 5) is 0. The fourth-order valence-corrected chi connectivity index (χ4v) is 5.23. The molecule has 0 N–H and O–H groups in total. The molecule has 0 spiro atoms. The molecule has 0 saturated carbocycles. The summed E-state index contributed by atoms with van der Waals surface area (Å²) in [5.74, 6) is -39.2. The Bertz CT molecular complexity index is 1610. The minimum absolute atomic E-state index is 0.255. The Kier molecular flexibility index (Phi) is 8.09. The van der Waals surface area contributed by atoms with Crippen molar-refractivity contribution in [3.8, 4) is 0 Å². The minimum Gasteiger partial charge on any atom is -0.210 e. The van der Waals surface area contributed by atoms with Crippen LogP contribution in [0.2, 0.25) is 0 Å². The van der Waals surface area contributed by atoms with Gasteiger partial charge >= 0.3 is 0 Å². The zero-order valence-electron chi connectivity index (χ0n) is 20.7. The topological polar surface area (TPSA) is 0 Å². The van der Waals surface area contributed by atoms with Crippen LogP contribution in [0.15, 0.2) is 30.3 Å². The Morgan fingerprint density at radius 3 is 1.07 bits per heavy atom. The summed E-state index contributed by atoms with van der Waals surface area (Å²) < 4.78 is 210. The SMILES string of the molecule is CCCc1c(F)c(F)c(F)c([B-](c2ccccc2)(c2c(F)c(F)c(F)c(F)c2F)c2c(F)c(F)c(F)c(F)c2F)c1F. The zero-order valence-corrected chi connectivity index (χ0v) is 20.7. The van der Waals surface area contributed by atoms with Gasteiger partial charge in [-0.3, -0.25) is 0 Å². The van der Waals surface area contributed by atoms with E-state index in [-0.39, 0.29) is 6.42 Å². The molecule has 0 fully saturated rings. The summed E-state index contributed by atoms with van der Waals surface area (Å²) in [5, 5.41) is 0. The van der Waals surface area contributed by atoms with Crippen LogP contribution in [-0.2, 0) is 6.42 Å². The first-order chi connectivity index (χ1) is 19.7. The Morgan fingerprint density at radius 2 is 0.714 bits per heavy atom. The fourth-order valence-electron chi connectivity index (χ4n) is 5.23. The van der Waals surface area contributed by atoms with E-state index in [4.69, 9.17) is 0 Å². The third kappa shape index (κ3) is 4.15. The monoisotopic (exact) mass is 613 g/mol. The van der Waals surface area contributed by atoms with E-state index < -0.39 is 121 Å². The predicted octanol–water partition coefficient (Wildman–Crippen LogP) is 5.96. The summed E-state index contributed by atoms with van der Waals surface area (Å²) in [6.45, 7) is 1.25. The summed E-state index contributed by atoms with van der Waals surface area (Å²) in [7, 11) is 0. The molecule has 0 radical (unpaired) electrons. The van der Waals surface area contributed by atoms with Crippen LogP contribution in [0.5, 0.6) is 0 Å². The molecule has 0 amide bonds. The van der Waals surface area contributed by atoms with E-state index in [9.17, 15) is 35.1 Å². The molecule has 222 valence electrons. The molecule has 4 rings (SSSR count). The van der Waals surface area contributed by atoms with Crippen molar-refractivity contribution in [1.82, 2.24) is 0 Å². The van der Waals surface area contributed by atoms with Crippen LogP contribution in [0.3, 0.4) is 0 Å². The molecule has 0 aliphatic carbocycles. The first-order valence-electron chi connectivity index (χ1n) is 11.8. The molecule has 0 aliphatic heterocycles. The van der Waals surface area contributed by atoms with Gasteiger partial charge in [0, 0.05) is 5.56 Å². The molecular weight excluding hydrogens is 601 g/mol. The smallest absolute Gasteiger partial charge is 0.200 e. The summed E-state index contributed by atoms with van der Waals surface area (Å²) >= 11 is 0. The van der Waals surface area contributed by atoms with Gasteiger partial charge in [-0.25, -0.2) is 61.5 Å². The normalized spacial score (nSPS) is 11.9. The van der Waals surface area contributed by atoms with Gasteiger partial charge in [0.05, 0.1) is 5.82 Å². The fraction of sp³-hybridized carbons (Fsp3) is 0.111. The van der Waals surface area contributed by atoms with Crippen LogP contribution in [0.25, 0.3) is 0 Å². The van der Waals surface area contributed by atoms with Crippen molar-refractivity contribution in [2.24, 2.45) is 0 Å². The molecule has 0 nitrogen and oxygen atoms in total. The third-order valence-electron chi connectivity index (χ3n) is 6.97. The number of hydrogen-bond acceptors (Lipinski definition) is 0. The Labute approximate surface area is 227 Å². The van der Waals surface area contributed by atoms with E-state index >= 15 is 26.3 Å². The lowest BCUT2D eigenvalue weighted by Crippen LogP contribution is -2.79. The van der Waals surface area contributed by atoms with Crippen molar-refractivity contribution in [2.75, 3.05) is 0 Å². The first-order valence-corrected chi connectivity index (χ1v) is 11.8. The van der Waals surface area contributed by atoms with Crippen LogP contribution in [0.1, 0.15) is 18.9 Å². The minimum atomic E-state index is -5.49. The molecule has 0 aromatic heterocycles. The van der Waals surface area contributed by atoms with E-state index in [1.54, 1.807) is 0 Å². The number of hydrogen-bond donors (Lipinski definition) is 0. The maximum Gasteiger partial charge on any atom is 0.200 e. The van der Waals surface area contributed by atoms with Gasteiger partial charge in [-0.2, -0.15) is 5.46 Å². The lowest BCUT2D eigenvalue weighted by molar-refractivity contribution is 0.381. The van der Waals surface area contributed by atoms with E-state index in [1.165, 1.54) is 6.92 Å². The third-order valence-corrected chi connectivity index (χ3v) is 6.97. The quantitative estimate of drug-likeness (QED) is 0.109. The average molecular weight is 613 g/mol. The summed E-state index contributed by atoms with van der Waals surface area (Å²) in [6, 6.07) is 3.83. The van der Waals surface area contributed by atoms with Gasteiger partial charge in [-0.1, -0.05) is 43.7 Å². The number of benzene rings is 4. The molecule has 0 heterocycles. The highest BCUT2D eigenvalue weighted by molar-refractivity contribution is 7.20. The maximum absolute atomic E-state index is 16.2. The van der Waals surface area contributed by atoms with Gasteiger partial charge < -0.3 is 0 Å². The molecule has 15 heteroatoms. The van der Waals surface area contributed by atoms with Gasteiger partial charge in [0.2, 0.25) is 0 Å². The van der Waals surface area contributed by atoms with Crippen molar-refractivity contribution in [3.05, 3.63) is 117 Å². The molecular formula is C27H12BF14-. The van der Waals surface area contributed by atoms with Crippen molar-refractivity contribution < 1.29 is 61.5 Å². The second kappa shape index (κ2) is 11.0. The maximum atomic E-state index is 16.2. The molecule has 0 bridgehead atoms. The van der Waals surface area contributed by atoms with Crippen molar-refractivity contribution in [3.63, 3.8) is 0 Å². The van der Waals surface area contributed by atoms with E-state index in [2.05, 4.69) is 0 Å². The first kappa shape index (κ1) is 30.9. The molecule has 0 unspecified atom stereocenters. The van der Waals surface area contributed by atoms with Crippen LogP contribution in [0.4, 0.5) is 61.5 Å². The second-order valence-electron chi connectivity index (χ2n) is 9.14. The van der Waals surface area contributed by atoms with Crippen molar-refractivity contribution in [2.45, 2.75) is 19.8 Å². The number of halogens is 14. The lowest BCUT2D eigenvalue weighted by atomic mass is 9.12. The van der Waals surface area contributed by atoms with Crippen LogP contribution < -0.4 is 21.9 Å². The second-order valence-corrected chi connectivity index (χ2v) is 9.14. The molecule has 4 aromatic carbocycles. The lowest BCUT2D eigenvalue weighted by Gasteiger charge is -2.45. The highest BCUT2D eigenvalue weighted by Gasteiger charge is 2.48. The van der Waals surface area contributed by atoms with Crippen LogP contribution >= 0.6 is 0 Å².